The monoisotopic (exact) mass is 270 g/mol. The molecule has 3 rings (SSSR count). The van der Waals surface area contributed by atoms with E-state index in [0.29, 0.717) is 11.6 Å². The first-order chi connectivity index (χ1) is 9.83. The molecule has 7 nitrogen and oxygen atoms in total. The Morgan fingerprint density at radius 3 is 2.45 bits per heavy atom. The lowest BCUT2D eigenvalue weighted by Crippen LogP contribution is -2.20. The number of carbonyl (C=O) groups excluding carboxylic acids is 1. The molecule has 1 saturated heterocycles. The van der Waals surface area contributed by atoms with Gasteiger partial charge in [-0.05, 0) is 12.8 Å². The van der Waals surface area contributed by atoms with Crippen molar-refractivity contribution >= 4 is 17.5 Å². The van der Waals surface area contributed by atoms with Crippen molar-refractivity contribution in [2.45, 2.75) is 12.8 Å². The maximum absolute atomic E-state index is 11.9. The minimum absolute atomic E-state index is 0.260. The molecule has 1 amide bonds. The Balaban J connectivity index is 1.67. The van der Waals surface area contributed by atoms with E-state index in [0.717, 1.165) is 13.1 Å². The summed E-state index contributed by atoms with van der Waals surface area (Å²) in [5, 5.41) is 2.69. The highest BCUT2D eigenvalue weighted by Crippen LogP contribution is 2.16. The molecule has 0 aromatic carbocycles. The van der Waals surface area contributed by atoms with Crippen molar-refractivity contribution in [2.24, 2.45) is 0 Å². The Labute approximate surface area is 116 Å². The van der Waals surface area contributed by atoms with Gasteiger partial charge >= 0.3 is 0 Å². The average molecular weight is 270 g/mol. The number of rotatable bonds is 3. The molecule has 0 unspecified atom stereocenters. The normalized spacial score (nSPS) is 14.3. The van der Waals surface area contributed by atoms with E-state index in [1.165, 1.54) is 31.4 Å². The van der Waals surface area contributed by atoms with Gasteiger partial charge in [-0.25, -0.2) is 15.0 Å². The fourth-order valence-corrected chi connectivity index (χ4v) is 2.08. The molecule has 0 bridgehead atoms. The quantitative estimate of drug-likeness (QED) is 0.899. The third kappa shape index (κ3) is 2.71. The van der Waals surface area contributed by atoms with Crippen molar-refractivity contribution in [1.29, 1.82) is 0 Å². The Morgan fingerprint density at radius 1 is 1.05 bits per heavy atom. The molecule has 3 heterocycles. The standard InChI is InChI=1S/C13H14N6O/c20-12(11-9-14-3-4-15-11)18-10-7-16-13(17-8-10)19-5-1-2-6-19/h3-4,7-9H,1-2,5-6H2,(H,18,20). The number of hydrogen-bond acceptors (Lipinski definition) is 6. The van der Waals surface area contributed by atoms with Gasteiger partial charge in [0, 0.05) is 25.5 Å². The molecule has 0 saturated carbocycles. The summed E-state index contributed by atoms with van der Waals surface area (Å²) >= 11 is 0. The van der Waals surface area contributed by atoms with Crippen LogP contribution in [0.15, 0.2) is 31.0 Å². The van der Waals surface area contributed by atoms with Crippen LogP contribution < -0.4 is 10.2 Å². The van der Waals surface area contributed by atoms with Crippen LogP contribution in [0.3, 0.4) is 0 Å². The summed E-state index contributed by atoms with van der Waals surface area (Å²) in [5.41, 5.74) is 0.805. The van der Waals surface area contributed by atoms with Gasteiger partial charge in [0.2, 0.25) is 5.95 Å². The van der Waals surface area contributed by atoms with Gasteiger partial charge < -0.3 is 10.2 Å². The van der Waals surface area contributed by atoms with E-state index in [2.05, 4.69) is 30.2 Å². The van der Waals surface area contributed by atoms with Crippen LogP contribution in [0, 0.1) is 0 Å². The van der Waals surface area contributed by atoms with Crippen molar-refractivity contribution in [1.82, 2.24) is 19.9 Å². The van der Waals surface area contributed by atoms with Crippen LogP contribution in [0.1, 0.15) is 23.3 Å². The maximum Gasteiger partial charge on any atom is 0.275 e. The third-order valence-electron chi connectivity index (χ3n) is 3.08. The van der Waals surface area contributed by atoms with E-state index in [1.807, 2.05) is 0 Å². The van der Waals surface area contributed by atoms with Crippen LogP contribution >= 0.6 is 0 Å². The largest absolute Gasteiger partial charge is 0.341 e. The van der Waals surface area contributed by atoms with E-state index < -0.39 is 0 Å². The fourth-order valence-electron chi connectivity index (χ4n) is 2.08. The van der Waals surface area contributed by atoms with Gasteiger partial charge in [0.05, 0.1) is 24.3 Å². The Hall–Kier alpha value is -2.57. The van der Waals surface area contributed by atoms with Crippen LogP contribution in [0.4, 0.5) is 11.6 Å². The highest BCUT2D eigenvalue weighted by molar-refractivity contribution is 6.02. The fraction of sp³-hybridized carbons (Fsp3) is 0.308. The molecule has 1 N–H and O–H groups in total. The summed E-state index contributed by atoms with van der Waals surface area (Å²) < 4.78 is 0. The summed E-state index contributed by atoms with van der Waals surface area (Å²) in [6.07, 6.45) is 9.97. The van der Waals surface area contributed by atoms with Crippen LogP contribution in [-0.4, -0.2) is 38.9 Å². The first-order valence-electron chi connectivity index (χ1n) is 6.47. The Morgan fingerprint density at radius 2 is 1.80 bits per heavy atom. The topological polar surface area (TPSA) is 83.9 Å². The summed E-state index contributed by atoms with van der Waals surface area (Å²) in [6, 6.07) is 0. The van der Waals surface area contributed by atoms with Crippen molar-refractivity contribution < 1.29 is 4.79 Å². The molecular formula is C13H14N6O. The smallest absolute Gasteiger partial charge is 0.275 e. The Kier molecular flexibility index (Phi) is 3.49. The second-order valence-corrected chi connectivity index (χ2v) is 4.51. The Bertz CT molecular complexity index is 580. The zero-order valence-electron chi connectivity index (χ0n) is 10.9. The van der Waals surface area contributed by atoms with E-state index in [-0.39, 0.29) is 11.6 Å². The van der Waals surface area contributed by atoms with Crippen molar-refractivity contribution in [3.05, 3.63) is 36.7 Å². The van der Waals surface area contributed by atoms with Gasteiger partial charge in [-0.15, -0.1) is 0 Å². The molecule has 2 aromatic rings. The minimum Gasteiger partial charge on any atom is -0.341 e. The van der Waals surface area contributed by atoms with Crippen LogP contribution in [0.25, 0.3) is 0 Å². The van der Waals surface area contributed by atoms with Crippen molar-refractivity contribution in [3.63, 3.8) is 0 Å². The van der Waals surface area contributed by atoms with Gasteiger partial charge in [-0.3, -0.25) is 9.78 Å². The SMILES string of the molecule is O=C(Nc1cnc(N2CCCC2)nc1)c1cnccn1. The van der Waals surface area contributed by atoms with E-state index >= 15 is 0 Å². The zero-order chi connectivity index (χ0) is 13.8. The minimum atomic E-state index is -0.323. The number of carbonyl (C=O) groups is 1. The molecule has 1 fully saturated rings. The summed E-state index contributed by atoms with van der Waals surface area (Å²) in [4.78, 5) is 30.3. The van der Waals surface area contributed by atoms with E-state index in [4.69, 9.17) is 0 Å². The molecule has 1 aliphatic rings. The van der Waals surface area contributed by atoms with Gasteiger partial charge in [0.15, 0.2) is 0 Å². The predicted octanol–water partition coefficient (Wildman–Crippen LogP) is 1.12. The second kappa shape index (κ2) is 5.60. The zero-order valence-corrected chi connectivity index (χ0v) is 10.9. The molecule has 0 aliphatic carbocycles. The molecule has 0 spiro atoms. The number of hydrogen-bond donors (Lipinski definition) is 1. The highest BCUT2D eigenvalue weighted by atomic mass is 16.1. The average Bonchev–Trinajstić information content (AvgIpc) is 3.03. The lowest BCUT2D eigenvalue weighted by molar-refractivity contribution is 0.102. The maximum atomic E-state index is 11.9. The molecule has 20 heavy (non-hydrogen) atoms. The lowest BCUT2D eigenvalue weighted by atomic mass is 10.4. The van der Waals surface area contributed by atoms with Crippen molar-refractivity contribution in [3.8, 4) is 0 Å². The summed E-state index contributed by atoms with van der Waals surface area (Å²) in [6.45, 7) is 1.98. The van der Waals surface area contributed by atoms with Gasteiger partial charge in [0.1, 0.15) is 5.69 Å². The number of nitrogens with one attached hydrogen (secondary N) is 1. The predicted molar refractivity (Wildman–Crippen MR) is 73.5 cm³/mol. The lowest BCUT2D eigenvalue weighted by Gasteiger charge is -2.14. The first-order valence-corrected chi connectivity index (χ1v) is 6.47. The van der Waals surface area contributed by atoms with Crippen molar-refractivity contribution in [2.75, 3.05) is 23.3 Å². The highest BCUT2D eigenvalue weighted by Gasteiger charge is 2.15. The number of amides is 1. The van der Waals surface area contributed by atoms with Gasteiger partial charge in [0.25, 0.3) is 5.91 Å². The van der Waals surface area contributed by atoms with E-state index in [1.54, 1.807) is 12.4 Å². The number of anilines is 2. The molecule has 2 aromatic heterocycles. The number of nitrogens with zero attached hydrogens (tertiary/aromatic N) is 5. The first kappa shape index (κ1) is 12.5. The molecular weight excluding hydrogens is 256 g/mol. The summed E-state index contributed by atoms with van der Waals surface area (Å²) in [5.74, 6) is 0.385. The third-order valence-corrected chi connectivity index (χ3v) is 3.08. The summed E-state index contributed by atoms with van der Waals surface area (Å²) in [7, 11) is 0. The van der Waals surface area contributed by atoms with Crippen LogP contribution in [-0.2, 0) is 0 Å². The molecule has 1 aliphatic heterocycles. The molecule has 7 heteroatoms. The van der Waals surface area contributed by atoms with E-state index in [9.17, 15) is 4.79 Å². The molecule has 0 radical (unpaired) electrons. The van der Waals surface area contributed by atoms with Crippen LogP contribution in [0.5, 0.6) is 0 Å². The second-order valence-electron chi connectivity index (χ2n) is 4.51. The number of aromatic nitrogens is 4. The van der Waals surface area contributed by atoms with Gasteiger partial charge in [-0.2, -0.15) is 0 Å². The molecule has 102 valence electrons. The van der Waals surface area contributed by atoms with Crippen LogP contribution in [0.2, 0.25) is 0 Å². The van der Waals surface area contributed by atoms with Gasteiger partial charge in [-0.1, -0.05) is 0 Å². The molecule has 0 atom stereocenters.